The van der Waals surface area contributed by atoms with Crippen molar-refractivity contribution in [1.82, 2.24) is 4.90 Å². The average molecular weight is 264 g/mol. The number of nitrogens with zero attached hydrogens (tertiary/aromatic N) is 2. The molecule has 0 fully saturated rings. The van der Waals surface area contributed by atoms with Gasteiger partial charge in [-0.05, 0) is 19.1 Å². The Kier molecular flexibility index (Phi) is 2.30. The summed E-state index contributed by atoms with van der Waals surface area (Å²) in [5, 5.41) is 2.35. The van der Waals surface area contributed by atoms with Crippen LogP contribution in [0, 0.1) is 0 Å². The standard InChI is InChI=1S/C17H16N2O/c1-12-18(2)10-11-19(12)15-8-5-7-14-13-6-3-4-9-16(13)20-17(14)15/h3-12H,1-2H3/t12-/m1/s1. The largest absolute Gasteiger partial charge is 0.454 e. The van der Waals surface area contributed by atoms with Gasteiger partial charge in [-0.2, -0.15) is 0 Å². The zero-order valence-electron chi connectivity index (χ0n) is 11.6. The maximum Gasteiger partial charge on any atom is 0.159 e. The molecular formula is C17H16N2O. The van der Waals surface area contributed by atoms with E-state index in [2.05, 4.69) is 66.5 Å². The fraction of sp³-hybridized carbons (Fsp3) is 0.176. The minimum Gasteiger partial charge on any atom is -0.454 e. The van der Waals surface area contributed by atoms with E-state index >= 15 is 0 Å². The molecule has 0 saturated heterocycles. The molecule has 0 aliphatic carbocycles. The predicted octanol–water partition coefficient (Wildman–Crippen LogP) is 4.16. The number of rotatable bonds is 1. The predicted molar refractivity (Wildman–Crippen MR) is 82.6 cm³/mol. The first-order chi connectivity index (χ1) is 9.75. The van der Waals surface area contributed by atoms with Crippen LogP contribution in [-0.2, 0) is 0 Å². The van der Waals surface area contributed by atoms with E-state index in [9.17, 15) is 0 Å². The molecule has 3 nitrogen and oxygen atoms in total. The van der Waals surface area contributed by atoms with Crippen molar-refractivity contribution in [3.63, 3.8) is 0 Å². The van der Waals surface area contributed by atoms with Crippen molar-refractivity contribution in [2.45, 2.75) is 13.1 Å². The summed E-state index contributed by atoms with van der Waals surface area (Å²) in [4.78, 5) is 4.42. The van der Waals surface area contributed by atoms with Gasteiger partial charge in [-0.1, -0.05) is 30.3 Å². The number of benzene rings is 2. The van der Waals surface area contributed by atoms with Crippen LogP contribution >= 0.6 is 0 Å². The van der Waals surface area contributed by atoms with E-state index in [4.69, 9.17) is 4.42 Å². The molecular weight excluding hydrogens is 248 g/mol. The molecule has 0 bridgehead atoms. The van der Waals surface area contributed by atoms with Crippen LogP contribution in [0.1, 0.15) is 6.92 Å². The smallest absolute Gasteiger partial charge is 0.159 e. The average Bonchev–Trinajstić information content (AvgIpc) is 3.01. The number of furan rings is 1. The third-order valence-electron chi connectivity index (χ3n) is 4.12. The Morgan fingerprint density at radius 2 is 1.75 bits per heavy atom. The maximum atomic E-state index is 6.09. The van der Waals surface area contributed by atoms with Crippen LogP contribution in [0.4, 0.5) is 5.69 Å². The number of para-hydroxylation sites is 2. The topological polar surface area (TPSA) is 19.6 Å². The molecule has 3 aromatic rings. The lowest BCUT2D eigenvalue weighted by atomic mass is 10.1. The zero-order valence-corrected chi connectivity index (χ0v) is 11.6. The fourth-order valence-corrected chi connectivity index (χ4v) is 2.84. The number of hydrogen-bond donors (Lipinski definition) is 0. The summed E-state index contributed by atoms with van der Waals surface area (Å²) in [6, 6.07) is 14.5. The molecule has 0 spiro atoms. The Morgan fingerprint density at radius 3 is 2.55 bits per heavy atom. The molecule has 1 atom stereocenters. The monoisotopic (exact) mass is 264 g/mol. The van der Waals surface area contributed by atoms with Crippen molar-refractivity contribution in [3.05, 3.63) is 54.9 Å². The van der Waals surface area contributed by atoms with Crippen molar-refractivity contribution in [3.8, 4) is 0 Å². The van der Waals surface area contributed by atoms with Crippen LogP contribution in [0.2, 0.25) is 0 Å². The summed E-state index contributed by atoms with van der Waals surface area (Å²) in [7, 11) is 2.08. The number of hydrogen-bond acceptors (Lipinski definition) is 3. The molecule has 0 radical (unpaired) electrons. The SMILES string of the molecule is C[C@@H]1N(C)C=CN1c1cccc2c1oc1ccccc12. The van der Waals surface area contributed by atoms with Crippen LogP contribution in [0.25, 0.3) is 21.9 Å². The van der Waals surface area contributed by atoms with Crippen molar-refractivity contribution in [2.24, 2.45) is 0 Å². The molecule has 0 saturated carbocycles. The third kappa shape index (κ3) is 1.46. The summed E-state index contributed by atoms with van der Waals surface area (Å²) in [5.74, 6) is 0. The third-order valence-corrected chi connectivity index (χ3v) is 4.12. The summed E-state index contributed by atoms with van der Waals surface area (Å²) >= 11 is 0. The molecule has 0 N–H and O–H groups in total. The van der Waals surface area contributed by atoms with Crippen LogP contribution in [0.15, 0.2) is 59.3 Å². The van der Waals surface area contributed by atoms with Gasteiger partial charge in [-0.15, -0.1) is 0 Å². The second-order valence-electron chi connectivity index (χ2n) is 5.25. The molecule has 2 aromatic carbocycles. The van der Waals surface area contributed by atoms with Crippen LogP contribution in [0.5, 0.6) is 0 Å². The molecule has 2 heterocycles. The summed E-state index contributed by atoms with van der Waals surface area (Å²) in [5.41, 5.74) is 3.02. The molecule has 1 aliphatic rings. The Labute approximate surface area is 117 Å². The second kappa shape index (κ2) is 4.04. The molecule has 1 aromatic heterocycles. The minimum atomic E-state index is 0.300. The minimum absolute atomic E-state index is 0.300. The van der Waals surface area contributed by atoms with E-state index < -0.39 is 0 Å². The normalized spacial score (nSPS) is 18.6. The van der Waals surface area contributed by atoms with Crippen molar-refractivity contribution < 1.29 is 4.42 Å². The van der Waals surface area contributed by atoms with Crippen molar-refractivity contribution in [1.29, 1.82) is 0 Å². The first-order valence-electron chi connectivity index (χ1n) is 6.84. The second-order valence-corrected chi connectivity index (χ2v) is 5.25. The lowest BCUT2D eigenvalue weighted by Crippen LogP contribution is -2.33. The van der Waals surface area contributed by atoms with Gasteiger partial charge >= 0.3 is 0 Å². The van der Waals surface area contributed by atoms with Gasteiger partial charge in [0, 0.05) is 30.2 Å². The fourth-order valence-electron chi connectivity index (χ4n) is 2.84. The molecule has 0 amide bonds. The molecule has 0 unspecified atom stereocenters. The Balaban J connectivity index is 1.99. The van der Waals surface area contributed by atoms with Crippen LogP contribution in [0.3, 0.4) is 0 Å². The lowest BCUT2D eigenvalue weighted by Gasteiger charge is -2.26. The van der Waals surface area contributed by atoms with E-state index in [-0.39, 0.29) is 0 Å². The maximum absolute atomic E-state index is 6.09. The summed E-state index contributed by atoms with van der Waals surface area (Å²) in [6.45, 7) is 2.18. The van der Waals surface area contributed by atoms with Crippen molar-refractivity contribution >= 4 is 27.6 Å². The molecule has 4 rings (SSSR count). The molecule has 100 valence electrons. The van der Waals surface area contributed by atoms with Gasteiger partial charge in [0.25, 0.3) is 0 Å². The quantitative estimate of drug-likeness (QED) is 0.658. The van der Waals surface area contributed by atoms with Gasteiger partial charge in [0.05, 0.1) is 5.69 Å². The molecule has 20 heavy (non-hydrogen) atoms. The highest BCUT2D eigenvalue weighted by Gasteiger charge is 2.23. The molecule has 1 aliphatic heterocycles. The van der Waals surface area contributed by atoms with Gasteiger partial charge in [0.1, 0.15) is 11.7 Å². The van der Waals surface area contributed by atoms with Crippen LogP contribution in [-0.4, -0.2) is 18.1 Å². The first-order valence-corrected chi connectivity index (χ1v) is 6.84. The van der Waals surface area contributed by atoms with E-state index in [1.54, 1.807) is 0 Å². The Morgan fingerprint density at radius 1 is 0.950 bits per heavy atom. The van der Waals surface area contributed by atoms with Crippen LogP contribution < -0.4 is 4.90 Å². The van der Waals surface area contributed by atoms with Gasteiger partial charge in [0.15, 0.2) is 5.58 Å². The first kappa shape index (κ1) is 11.4. The summed E-state index contributed by atoms with van der Waals surface area (Å²) in [6.07, 6.45) is 4.49. The van der Waals surface area contributed by atoms with Gasteiger partial charge < -0.3 is 14.2 Å². The molecule has 3 heteroatoms. The highest BCUT2D eigenvalue weighted by Crippen LogP contribution is 2.36. The van der Waals surface area contributed by atoms with E-state index in [0.29, 0.717) is 6.17 Å². The number of anilines is 1. The van der Waals surface area contributed by atoms with Gasteiger partial charge in [0.2, 0.25) is 0 Å². The van der Waals surface area contributed by atoms with Gasteiger partial charge in [-0.3, -0.25) is 0 Å². The van der Waals surface area contributed by atoms with E-state index in [0.717, 1.165) is 16.9 Å². The van der Waals surface area contributed by atoms with E-state index in [1.165, 1.54) is 10.8 Å². The Hall–Kier alpha value is -2.42. The van der Waals surface area contributed by atoms with E-state index in [1.807, 2.05) is 12.1 Å². The Bertz CT molecular complexity index is 818. The van der Waals surface area contributed by atoms with Crippen molar-refractivity contribution in [2.75, 3.05) is 11.9 Å². The number of fused-ring (bicyclic) bond motifs is 3. The highest BCUT2D eigenvalue weighted by molar-refractivity contribution is 6.09. The zero-order chi connectivity index (χ0) is 13.7. The lowest BCUT2D eigenvalue weighted by molar-refractivity contribution is 0.383. The summed E-state index contributed by atoms with van der Waals surface area (Å²) < 4.78 is 6.09. The highest BCUT2D eigenvalue weighted by atomic mass is 16.3. The van der Waals surface area contributed by atoms with Gasteiger partial charge in [-0.25, -0.2) is 0 Å².